The molecule has 0 aromatic carbocycles. The van der Waals surface area contributed by atoms with E-state index in [1.165, 1.54) is 6.20 Å². The van der Waals surface area contributed by atoms with Gasteiger partial charge in [-0.25, -0.2) is 4.98 Å². The summed E-state index contributed by atoms with van der Waals surface area (Å²) in [4.78, 5) is 14.6. The molecule has 0 aliphatic rings. The summed E-state index contributed by atoms with van der Waals surface area (Å²) < 4.78 is 2.66. The van der Waals surface area contributed by atoms with Gasteiger partial charge in [-0.2, -0.15) is 0 Å². The molecule has 0 spiro atoms. The van der Waals surface area contributed by atoms with Crippen LogP contribution in [0.5, 0.6) is 0 Å². The van der Waals surface area contributed by atoms with Gasteiger partial charge in [-0.15, -0.1) is 0 Å². The Morgan fingerprint density at radius 3 is 2.62 bits per heavy atom. The van der Waals surface area contributed by atoms with Gasteiger partial charge >= 0.3 is 16.5 Å². The first-order chi connectivity index (χ1) is 6.07. The average Bonchev–Trinajstić information content (AvgIpc) is 2.09. The molecule has 1 amide bonds. The minimum absolute atomic E-state index is 0.162. The van der Waals surface area contributed by atoms with E-state index in [1.807, 2.05) is 0 Å². The van der Waals surface area contributed by atoms with Gasteiger partial charge in [-0.05, 0) is 0 Å². The number of carbonyl (C=O) groups excluding carboxylic acids is 1. The van der Waals surface area contributed by atoms with Gasteiger partial charge in [0.05, 0.1) is 16.9 Å². The minimum Gasteiger partial charge on any atom is -0.489 e. The van der Waals surface area contributed by atoms with Crippen molar-refractivity contribution in [3.8, 4) is 0 Å². The molecule has 13 heavy (non-hydrogen) atoms. The Labute approximate surface area is 83.1 Å². The number of nitrogens with two attached hydrogens (primary N) is 3. The van der Waals surface area contributed by atoms with Crippen LogP contribution in [-0.4, -0.2) is 27.4 Å². The number of hydrogen-bond donors (Lipinski definition) is 4. The second-order valence-corrected chi connectivity index (χ2v) is 2.64. The van der Waals surface area contributed by atoms with Crippen LogP contribution in [0.25, 0.3) is 0 Å². The maximum absolute atomic E-state index is 10.9. The predicted octanol–water partition coefficient (Wildman–Crippen LogP) is -1.16. The molecule has 0 saturated heterocycles. The highest BCUT2D eigenvalue weighted by Crippen LogP contribution is 2.25. The van der Waals surface area contributed by atoms with Gasteiger partial charge in [-0.1, -0.05) is 0 Å². The smallest absolute Gasteiger partial charge is 0.305 e. The van der Waals surface area contributed by atoms with Crippen LogP contribution in [0.2, 0.25) is 0 Å². The van der Waals surface area contributed by atoms with Crippen molar-refractivity contribution in [2.75, 3.05) is 15.8 Å². The van der Waals surface area contributed by atoms with Crippen molar-refractivity contribution in [2.24, 2.45) is 5.73 Å². The van der Waals surface area contributed by atoms with Gasteiger partial charge in [-0.3, -0.25) is 4.79 Å². The van der Waals surface area contributed by atoms with E-state index in [0.29, 0.717) is 5.69 Å². The van der Waals surface area contributed by atoms with Gasteiger partial charge in [0, 0.05) is 6.20 Å². The number of amides is 1. The number of nitrogen functional groups attached to an aromatic ring is 2. The van der Waals surface area contributed by atoms with E-state index in [-0.39, 0.29) is 17.1 Å². The fraction of sp³-hybridized carbons (Fsp3) is 0. The molecule has 0 fully saturated rings. The Morgan fingerprint density at radius 1 is 1.54 bits per heavy atom. The zero-order chi connectivity index (χ0) is 10.0. The number of pyridine rings is 1. The molecule has 66 valence electrons. The van der Waals surface area contributed by atoms with Crippen LogP contribution in [0.4, 0.5) is 17.2 Å². The summed E-state index contributed by atoms with van der Waals surface area (Å²) in [7, 11) is 0. The largest absolute Gasteiger partial charge is 0.489 e. The molecule has 7 N–H and O–H groups in total. The Hall–Kier alpha value is -1.45. The van der Waals surface area contributed by atoms with E-state index >= 15 is 0 Å². The maximum Gasteiger partial charge on any atom is 0.305 e. The van der Waals surface area contributed by atoms with E-state index < -0.39 is 5.91 Å². The van der Waals surface area contributed by atoms with Crippen LogP contribution in [0.1, 0.15) is 10.4 Å². The summed E-state index contributed by atoms with van der Waals surface area (Å²) in [5.74, 6) is -0.445. The molecule has 2 radical (unpaired) electrons. The second-order valence-electron chi connectivity index (χ2n) is 2.35. The summed E-state index contributed by atoms with van der Waals surface area (Å²) in [6.07, 6.45) is 1.28. The number of nitrogens with zero attached hydrogens (tertiary/aromatic N) is 1. The third kappa shape index (κ3) is 1.66. The van der Waals surface area contributed by atoms with Crippen molar-refractivity contribution < 1.29 is 4.79 Å². The zero-order valence-corrected chi connectivity index (χ0v) is 7.90. The summed E-state index contributed by atoms with van der Waals surface area (Å²) >= 11 is 2.21. The predicted molar refractivity (Wildman–Crippen MR) is 51.0 cm³/mol. The summed E-state index contributed by atoms with van der Waals surface area (Å²) in [5, 5.41) is 0. The quantitative estimate of drug-likeness (QED) is 0.441. The lowest BCUT2D eigenvalue weighted by molar-refractivity contribution is 0.100. The van der Waals surface area contributed by atoms with E-state index in [2.05, 4.69) is 25.8 Å². The van der Waals surface area contributed by atoms with Gasteiger partial charge in [0.25, 0.3) is 5.91 Å². The fourth-order valence-electron chi connectivity index (χ4n) is 0.884. The van der Waals surface area contributed by atoms with Crippen molar-refractivity contribution >= 4 is 39.6 Å². The first-order valence-corrected chi connectivity index (χ1v) is 3.96. The molecule has 0 aliphatic carbocycles. The Bertz CT molecular complexity index is 353. The molecule has 0 bridgehead atoms. The standard InChI is InChI=1S/C6H9N5O.Al/c7-3-2(6(10)12)1-11-5(9)4(3)8;/h1H,8H2,(H6,7,9,10,11,12);/q;+1/p-1. The van der Waals surface area contributed by atoms with Crippen LogP contribution in [0.15, 0.2) is 6.20 Å². The van der Waals surface area contributed by atoms with Crippen LogP contribution >= 0.6 is 0 Å². The van der Waals surface area contributed by atoms with Crippen molar-refractivity contribution in [3.05, 3.63) is 11.8 Å². The normalized spacial score (nSPS) is 9.54. The molecule has 6 nitrogen and oxygen atoms in total. The molecule has 0 atom stereocenters. The molecular formula is C6H8AlN5O. The van der Waals surface area contributed by atoms with Gasteiger partial charge in [0.1, 0.15) is 5.82 Å². The fourth-order valence-corrected chi connectivity index (χ4v) is 1.19. The first kappa shape index (κ1) is 9.64. The van der Waals surface area contributed by atoms with Crippen LogP contribution in [-0.2, 0) is 0 Å². The van der Waals surface area contributed by atoms with Crippen molar-refractivity contribution in [2.45, 2.75) is 0 Å². The summed E-state index contributed by atoms with van der Waals surface area (Å²) in [6, 6.07) is 0. The van der Waals surface area contributed by atoms with Crippen molar-refractivity contribution in [1.82, 2.24) is 4.98 Å². The Balaban J connectivity index is 3.38. The van der Waals surface area contributed by atoms with E-state index in [9.17, 15) is 4.79 Å². The van der Waals surface area contributed by atoms with Crippen molar-refractivity contribution in [1.29, 1.82) is 0 Å². The molecular weight excluding hydrogens is 185 g/mol. The highest BCUT2D eigenvalue weighted by molar-refractivity contribution is 6.20. The molecule has 1 rings (SSSR count). The topological polar surface area (TPSA) is 120 Å². The lowest BCUT2D eigenvalue weighted by atomic mass is 10.2. The number of carbonyl (C=O) groups is 1. The highest BCUT2D eigenvalue weighted by atomic mass is 27.1. The second kappa shape index (κ2) is 3.51. The highest BCUT2D eigenvalue weighted by Gasteiger charge is 2.11. The molecule has 1 aromatic heterocycles. The summed E-state index contributed by atoms with van der Waals surface area (Å²) in [6.45, 7) is 0. The molecule has 0 aliphatic heterocycles. The van der Waals surface area contributed by atoms with E-state index in [0.717, 1.165) is 0 Å². The van der Waals surface area contributed by atoms with E-state index in [1.54, 1.807) is 0 Å². The molecule has 1 aromatic rings. The number of aromatic nitrogens is 1. The average molecular weight is 193 g/mol. The van der Waals surface area contributed by atoms with Gasteiger partial charge < -0.3 is 21.5 Å². The SMILES string of the molecule is NC(=O)c1cnc(N)c(N)c1[NH][Al]. The number of hydrogen-bond acceptors (Lipinski definition) is 5. The first-order valence-electron chi connectivity index (χ1n) is 3.38. The van der Waals surface area contributed by atoms with Crippen LogP contribution < -0.4 is 21.5 Å². The lowest BCUT2D eigenvalue weighted by Crippen LogP contribution is -2.16. The molecule has 1 heterocycles. The minimum atomic E-state index is -0.607. The molecule has 0 saturated carbocycles. The number of primary amides is 1. The third-order valence-electron chi connectivity index (χ3n) is 1.56. The zero-order valence-electron chi connectivity index (χ0n) is 6.74. The third-order valence-corrected chi connectivity index (χ3v) is 1.85. The van der Waals surface area contributed by atoms with Gasteiger partial charge in [0.15, 0.2) is 0 Å². The number of rotatable bonds is 2. The Morgan fingerprint density at radius 2 is 2.15 bits per heavy atom. The summed E-state index contributed by atoms with van der Waals surface area (Å²) in [5.41, 5.74) is 16.9. The van der Waals surface area contributed by atoms with Crippen LogP contribution in [0, 0.1) is 0 Å². The van der Waals surface area contributed by atoms with E-state index in [4.69, 9.17) is 17.2 Å². The Kier molecular flexibility index (Phi) is 2.61. The number of anilines is 3. The maximum atomic E-state index is 10.9. The van der Waals surface area contributed by atoms with Crippen LogP contribution in [0.3, 0.4) is 0 Å². The lowest BCUT2D eigenvalue weighted by Gasteiger charge is -2.11. The molecule has 7 heteroatoms. The van der Waals surface area contributed by atoms with Gasteiger partial charge in [0.2, 0.25) is 0 Å². The monoisotopic (exact) mass is 193 g/mol. The van der Waals surface area contributed by atoms with Crippen molar-refractivity contribution in [3.63, 3.8) is 0 Å². The number of nitrogens with one attached hydrogen (secondary N) is 1. The molecule has 0 unspecified atom stereocenters.